The topological polar surface area (TPSA) is 59.6 Å². The molecule has 1 rings (SSSR count). The molecular weight excluding hydrogens is 244 g/mol. The van der Waals surface area contributed by atoms with Crippen LogP contribution < -0.4 is 20.1 Å². The van der Waals surface area contributed by atoms with Gasteiger partial charge in [-0.15, -0.1) is 0 Å². The molecule has 0 fully saturated rings. The van der Waals surface area contributed by atoms with Crippen molar-refractivity contribution in [3.05, 3.63) is 17.2 Å². The van der Waals surface area contributed by atoms with Crippen LogP contribution in [-0.2, 0) is 4.79 Å². The highest BCUT2D eigenvalue weighted by Gasteiger charge is 2.11. The predicted molar refractivity (Wildman–Crippen MR) is 67.1 cm³/mol. The van der Waals surface area contributed by atoms with Gasteiger partial charge in [-0.1, -0.05) is 11.6 Å². The highest BCUT2D eigenvalue weighted by molar-refractivity contribution is 6.32. The zero-order chi connectivity index (χ0) is 12.8. The first-order chi connectivity index (χ1) is 8.12. The lowest BCUT2D eigenvalue weighted by molar-refractivity contribution is -0.115. The summed E-state index contributed by atoms with van der Waals surface area (Å²) < 4.78 is 10.2. The van der Waals surface area contributed by atoms with Crippen molar-refractivity contribution in [3.8, 4) is 11.5 Å². The second kappa shape index (κ2) is 6.32. The number of carbonyl (C=O) groups excluding carboxylic acids is 1. The van der Waals surface area contributed by atoms with Crippen LogP contribution in [0.5, 0.6) is 11.5 Å². The summed E-state index contributed by atoms with van der Waals surface area (Å²) in [6, 6.07) is 3.21. The quantitative estimate of drug-likeness (QED) is 0.841. The van der Waals surface area contributed by atoms with Crippen LogP contribution >= 0.6 is 11.6 Å². The zero-order valence-corrected chi connectivity index (χ0v) is 10.7. The molecule has 0 saturated heterocycles. The predicted octanol–water partition coefficient (Wildman–Crippen LogP) is 1.52. The number of benzene rings is 1. The Hall–Kier alpha value is -1.46. The molecule has 1 aromatic rings. The van der Waals surface area contributed by atoms with Gasteiger partial charge in [-0.25, -0.2) is 0 Å². The number of carbonyl (C=O) groups is 1. The van der Waals surface area contributed by atoms with Gasteiger partial charge in [-0.2, -0.15) is 0 Å². The third-order valence-electron chi connectivity index (χ3n) is 2.09. The number of ether oxygens (including phenoxy) is 2. The van der Waals surface area contributed by atoms with E-state index in [1.807, 2.05) is 0 Å². The third-order valence-corrected chi connectivity index (χ3v) is 2.38. The van der Waals surface area contributed by atoms with Crippen molar-refractivity contribution >= 4 is 23.2 Å². The van der Waals surface area contributed by atoms with Gasteiger partial charge >= 0.3 is 0 Å². The molecule has 0 saturated carbocycles. The van der Waals surface area contributed by atoms with E-state index in [4.69, 9.17) is 21.1 Å². The summed E-state index contributed by atoms with van der Waals surface area (Å²) in [5.74, 6) is 0.794. The minimum absolute atomic E-state index is 0.171. The minimum atomic E-state index is -0.171. The van der Waals surface area contributed by atoms with Crippen molar-refractivity contribution in [1.29, 1.82) is 0 Å². The molecule has 0 heterocycles. The molecule has 0 unspecified atom stereocenters. The fourth-order valence-electron chi connectivity index (χ4n) is 1.31. The maximum absolute atomic E-state index is 11.5. The number of amides is 1. The highest BCUT2D eigenvalue weighted by Crippen LogP contribution is 2.35. The molecule has 0 aliphatic rings. The van der Waals surface area contributed by atoms with E-state index in [0.29, 0.717) is 22.2 Å². The van der Waals surface area contributed by atoms with E-state index >= 15 is 0 Å². The smallest absolute Gasteiger partial charge is 0.238 e. The number of rotatable bonds is 5. The number of hydrogen-bond acceptors (Lipinski definition) is 4. The van der Waals surface area contributed by atoms with E-state index in [-0.39, 0.29) is 12.5 Å². The van der Waals surface area contributed by atoms with Gasteiger partial charge < -0.3 is 20.1 Å². The van der Waals surface area contributed by atoms with E-state index in [9.17, 15) is 4.79 Å². The molecule has 0 radical (unpaired) electrons. The Morgan fingerprint density at radius 1 is 1.29 bits per heavy atom. The maximum atomic E-state index is 11.5. The van der Waals surface area contributed by atoms with E-state index < -0.39 is 0 Å². The number of anilines is 1. The summed E-state index contributed by atoms with van der Waals surface area (Å²) >= 11 is 5.95. The van der Waals surface area contributed by atoms with Gasteiger partial charge in [0.15, 0.2) is 0 Å². The SMILES string of the molecule is CNCC(=O)Nc1cc(OC)c(Cl)cc1OC. The maximum Gasteiger partial charge on any atom is 0.238 e. The van der Waals surface area contributed by atoms with E-state index in [1.165, 1.54) is 14.2 Å². The summed E-state index contributed by atoms with van der Waals surface area (Å²) in [6.45, 7) is 0.216. The molecule has 0 atom stereocenters. The van der Waals surface area contributed by atoms with Gasteiger partial charge in [-0.05, 0) is 7.05 Å². The number of methoxy groups -OCH3 is 2. The van der Waals surface area contributed by atoms with Crippen LogP contribution in [0.2, 0.25) is 5.02 Å². The average molecular weight is 259 g/mol. The van der Waals surface area contributed by atoms with Crippen LogP contribution in [-0.4, -0.2) is 33.7 Å². The first kappa shape index (κ1) is 13.6. The second-order valence-electron chi connectivity index (χ2n) is 3.27. The fraction of sp³-hybridized carbons (Fsp3) is 0.364. The second-order valence-corrected chi connectivity index (χ2v) is 3.67. The minimum Gasteiger partial charge on any atom is -0.495 e. The van der Waals surface area contributed by atoms with Gasteiger partial charge in [-0.3, -0.25) is 4.79 Å². The molecule has 1 aromatic carbocycles. The van der Waals surface area contributed by atoms with Gasteiger partial charge in [0.25, 0.3) is 0 Å². The van der Waals surface area contributed by atoms with Crippen LogP contribution in [0.1, 0.15) is 0 Å². The summed E-state index contributed by atoms with van der Waals surface area (Å²) in [6.07, 6.45) is 0. The molecule has 5 nitrogen and oxygen atoms in total. The fourth-order valence-corrected chi connectivity index (χ4v) is 1.54. The van der Waals surface area contributed by atoms with E-state index in [2.05, 4.69) is 10.6 Å². The summed E-state index contributed by atoms with van der Waals surface area (Å²) in [5, 5.41) is 5.88. The largest absolute Gasteiger partial charge is 0.495 e. The molecule has 94 valence electrons. The van der Waals surface area contributed by atoms with Crippen LogP contribution in [0.25, 0.3) is 0 Å². The Labute approximate surface area is 105 Å². The van der Waals surface area contributed by atoms with Crippen molar-refractivity contribution < 1.29 is 14.3 Å². The van der Waals surface area contributed by atoms with Gasteiger partial charge in [0.05, 0.1) is 31.5 Å². The monoisotopic (exact) mass is 258 g/mol. The lowest BCUT2D eigenvalue weighted by atomic mass is 10.2. The normalized spacial score (nSPS) is 9.88. The first-order valence-corrected chi connectivity index (χ1v) is 5.36. The molecule has 6 heteroatoms. The third kappa shape index (κ3) is 3.51. The standard InChI is InChI=1S/C11H15ClN2O3/c1-13-6-11(15)14-8-5-9(16-2)7(12)4-10(8)17-3/h4-5,13H,6H2,1-3H3,(H,14,15). The first-order valence-electron chi connectivity index (χ1n) is 4.98. The Morgan fingerprint density at radius 3 is 2.47 bits per heavy atom. The molecule has 0 aliphatic heterocycles. The Balaban J connectivity index is 2.99. The number of nitrogens with one attached hydrogen (secondary N) is 2. The average Bonchev–Trinajstić information content (AvgIpc) is 2.31. The van der Waals surface area contributed by atoms with Crippen LogP contribution in [0, 0.1) is 0 Å². The number of hydrogen-bond donors (Lipinski definition) is 2. The molecule has 0 spiro atoms. The molecule has 0 aliphatic carbocycles. The number of likely N-dealkylation sites (N-methyl/N-ethyl adjacent to an activating group) is 1. The Bertz CT molecular complexity index is 410. The van der Waals surface area contributed by atoms with Crippen LogP contribution in [0.3, 0.4) is 0 Å². The zero-order valence-electron chi connectivity index (χ0n) is 9.96. The van der Waals surface area contributed by atoms with Gasteiger partial charge in [0.2, 0.25) is 5.91 Å². The Kier molecular flexibility index (Phi) is 5.06. The lowest BCUT2D eigenvalue weighted by Crippen LogP contribution is -2.25. The summed E-state index contributed by atoms with van der Waals surface area (Å²) in [5.41, 5.74) is 0.522. The number of halogens is 1. The van der Waals surface area contributed by atoms with Crippen molar-refractivity contribution in [2.24, 2.45) is 0 Å². The molecule has 0 bridgehead atoms. The van der Waals surface area contributed by atoms with E-state index in [1.54, 1.807) is 19.2 Å². The summed E-state index contributed by atoms with van der Waals surface area (Å²) in [7, 11) is 4.71. The summed E-state index contributed by atoms with van der Waals surface area (Å²) in [4.78, 5) is 11.5. The molecular formula is C11H15ClN2O3. The van der Waals surface area contributed by atoms with Crippen molar-refractivity contribution in [3.63, 3.8) is 0 Å². The van der Waals surface area contributed by atoms with Gasteiger partial charge in [0, 0.05) is 12.1 Å². The van der Waals surface area contributed by atoms with Crippen molar-refractivity contribution in [2.45, 2.75) is 0 Å². The van der Waals surface area contributed by atoms with Crippen LogP contribution in [0.15, 0.2) is 12.1 Å². The van der Waals surface area contributed by atoms with E-state index in [0.717, 1.165) is 0 Å². The molecule has 1 amide bonds. The van der Waals surface area contributed by atoms with Gasteiger partial charge in [0.1, 0.15) is 11.5 Å². The lowest BCUT2D eigenvalue weighted by Gasteiger charge is -2.12. The van der Waals surface area contributed by atoms with Crippen molar-refractivity contribution in [2.75, 3.05) is 33.1 Å². The van der Waals surface area contributed by atoms with Crippen LogP contribution in [0.4, 0.5) is 5.69 Å². The highest BCUT2D eigenvalue weighted by atomic mass is 35.5. The molecule has 2 N–H and O–H groups in total. The Morgan fingerprint density at radius 2 is 1.94 bits per heavy atom. The molecule has 17 heavy (non-hydrogen) atoms. The van der Waals surface area contributed by atoms with Crippen molar-refractivity contribution in [1.82, 2.24) is 5.32 Å². The molecule has 0 aromatic heterocycles.